The van der Waals surface area contributed by atoms with Crippen LogP contribution in [0.25, 0.3) is 10.6 Å². The molecule has 1 atom stereocenters. The molecule has 1 unspecified atom stereocenters. The molecule has 0 fully saturated rings. The maximum atomic E-state index is 12.9. The molecular weight excluding hydrogens is 291 g/mol. The van der Waals surface area contributed by atoms with E-state index in [1.807, 2.05) is 6.92 Å². The van der Waals surface area contributed by atoms with E-state index in [-0.39, 0.29) is 24.4 Å². The Morgan fingerprint density at radius 2 is 2.14 bits per heavy atom. The Kier molecular flexibility index (Phi) is 5.41. The Morgan fingerprint density at radius 3 is 2.76 bits per heavy atom. The quantitative estimate of drug-likeness (QED) is 0.862. The minimum Gasteiger partial charge on any atom is -0.396 e. The molecule has 2 aromatic rings. The minimum absolute atomic E-state index is 0.0384. The standard InChI is InChI=1S/C15H17FN2O2S/c1-2-12(7-8-19)17-14(20)13-9-21-15(18-13)10-3-5-11(16)6-4-10/h3-6,9,12,19H,2,7-8H2,1H3,(H,17,20). The number of aromatic nitrogens is 1. The highest BCUT2D eigenvalue weighted by Crippen LogP contribution is 2.23. The summed E-state index contributed by atoms with van der Waals surface area (Å²) >= 11 is 1.34. The van der Waals surface area contributed by atoms with Crippen LogP contribution in [0.5, 0.6) is 0 Å². The Labute approximate surface area is 126 Å². The fourth-order valence-corrected chi connectivity index (χ4v) is 2.70. The first-order chi connectivity index (χ1) is 10.1. The summed E-state index contributed by atoms with van der Waals surface area (Å²) in [5.41, 5.74) is 1.12. The van der Waals surface area contributed by atoms with Crippen LogP contribution in [0.15, 0.2) is 29.6 Å². The van der Waals surface area contributed by atoms with Crippen LogP contribution in [0.4, 0.5) is 4.39 Å². The van der Waals surface area contributed by atoms with Gasteiger partial charge in [0.05, 0.1) is 0 Å². The predicted octanol–water partition coefficient (Wildman–Crippen LogP) is 2.84. The molecule has 0 saturated carbocycles. The number of hydrogen-bond donors (Lipinski definition) is 2. The first kappa shape index (κ1) is 15.6. The molecule has 21 heavy (non-hydrogen) atoms. The lowest BCUT2D eigenvalue weighted by atomic mass is 10.1. The second kappa shape index (κ2) is 7.28. The summed E-state index contributed by atoms with van der Waals surface area (Å²) in [6.45, 7) is 1.99. The van der Waals surface area contributed by atoms with E-state index in [1.54, 1.807) is 17.5 Å². The molecule has 0 saturated heterocycles. The number of benzene rings is 1. The summed E-state index contributed by atoms with van der Waals surface area (Å²) in [4.78, 5) is 16.4. The van der Waals surface area contributed by atoms with Crippen LogP contribution < -0.4 is 5.32 Å². The summed E-state index contributed by atoms with van der Waals surface area (Å²) in [7, 11) is 0. The van der Waals surface area contributed by atoms with Crippen molar-refractivity contribution in [3.63, 3.8) is 0 Å². The van der Waals surface area contributed by atoms with E-state index in [1.165, 1.54) is 23.5 Å². The van der Waals surface area contributed by atoms with Gasteiger partial charge in [-0.1, -0.05) is 6.92 Å². The number of carbonyl (C=O) groups excluding carboxylic acids is 1. The number of aliphatic hydroxyl groups is 1. The van der Waals surface area contributed by atoms with Crippen molar-refractivity contribution in [3.05, 3.63) is 41.2 Å². The van der Waals surface area contributed by atoms with Crippen LogP contribution in [0, 0.1) is 5.82 Å². The van der Waals surface area contributed by atoms with Crippen molar-refractivity contribution in [2.24, 2.45) is 0 Å². The van der Waals surface area contributed by atoms with E-state index < -0.39 is 0 Å². The molecule has 1 amide bonds. The van der Waals surface area contributed by atoms with E-state index in [2.05, 4.69) is 10.3 Å². The van der Waals surface area contributed by atoms with Crippen LogP contribution in [0.3, 0.4) is 0 Å². The van der Waals surface area contributed by atoms with E-state index in [0.717, 1.165) is 12.0 Å². The normalized spacial score (nSPS) is 12.1. The third kappa shape index (κ3) is 4.09. The van der Waals surface area contributed by atoms with Gasteiger partial charge in [-0.3, -0.25) is 4.79 Å². The Balaban J connectivity index is 2.08. The van der Waals surface area contributed by atoms with Gasteiger partial charge in [-0.25, -0.2) is 9.37 Å². The zero-order valence-electron chi connectivity index (χ0n) is 11.7. The highest BCUT2D eigenvalue weighted by molar-refractivity contribution is 7.13. The number of carbonyl (C=O) groups is 1. The van der Waals surface area contributed by atoms with Crippen molar-refractivity contribution in [2.75, 3.05) is 6.61 Å². The third-order valence-corrected chi connectivity index (χ3v) is 4.02. The summed E-state index contributed by atoms with van der Waals surface area (Å²) in [6.07, 6.45) is 1.28. The molecule has 0 aliphatic rings. The van der Waals surface area contributed by atoms with Gasteiger partial charge in [0.15, 0.2) is 0 Å². The summed E-state index contributed by atoms with van der Waals surface area (Å²) in [6, 6.07) is 5.95. The largest absolute Gasteiger partial charge is 0.396 e. The van der Waals surface area contributed by atoms with Gasteiger partial charge in [0.1, 0.15) is 16.5 Å². The van der Waals surface area contributed by atoms with Crippen molar-refractivity contribution >= 4 is 17.2 Å². The average molecular weight is 308 g/mol. The number of nitrogens with zero attached hydrogens (tertiary/aromatic N) is 1. The van der Waals surface area contributed by atoms with Crippen LogP contribution in [0.2, 0.25) is 0 Å². The van der Waals surface area contributed by atoms with Gasteiger partial charge >= 0.3 is 0 Å². The fraction of sp³-hybridized carbons (Fsp3) is 0.333. The lowest BCUT2D eigenvalue weighted by molar-refractivity contribution is 0.0925. The number of nitrogens with one attached hydrogen (secondary N) is 1. The lowest BCUT2D eigenvalue weighted by Crippen LogP contribution is -2.35. The second-order valence-corrected chi connectivity index (χ2v) is 5.49. The SMILES string of the molecule is CCC(CCO)NC(=O)c1csc(-c2ccc(F)cc2)n1. The molecule has 4 nitrogen and oxygen atoms in total. The summed E-state index contributed by atoms with van der Waals surface area (Å²) < 4.78 is 12.9. The Morgan fingerprint density at radius 1 is 1.43 bits per heavy atom. The molecule has 2 N–H and O–H groups in total. The molecule has 6 heteroatoms. The number of rotatable bonds is 6. The highest BCUT2D eigenvalue weighted by atomic mass is 32.1. The first-order valence-corrected chi connectivity index (χ1v) is 7.65. The second-order valence-electron chi connectivity index (χ2n) is 4.64. The topological polar surface area (TPSA) is 62.2 Å². The molecule has 0 aliphatic carbocycles. The van der Waals surface area contributed by atoms with Gasteiger partial charge in [-0.15, -0.1) is 11.3 Å². The molecule has 0 bridgehead atoms. The predicted molar refractivity (Wildman–Crippen MR) is 80.8 cm³/mol. The highest BCUT2D eigenvalue weighted by Gasteiger charge is 2.15. The lowest BCUT2D eigenvalue weighted by Gasteiger charge is -2.14. The van der Waals surface area contributed by atoms with Gasteiger partial charge in [-0.2, -0.15) is 0 Å². The van der Waals surface area contributed by atoms with Crippen molar-refractivity contribution in [2.45, 2.75) is 25.8 Å². The van der Waals surface area contributed by atoms with E-state index >= 15 is 0 Å². The van der Waals surface area contributed by atoms with Crippen molar-refractivity contribution in [1.82, 2.24) is 10.3 Å². The van der Waals surface area contributed by atoms with Crippen LogP contribution in [-0.2, 0) is 0 Å². The smallest absolute Gasteiger partial charge is 0.270 e. The zero-order valence-corrected chi connectivity index (χ0v) is 12.5. The molecule has 1 aromatic heterocycles. The summed E-state index contributed by atoms with van der Waals surface area (Å²) in [5, 5.41) is 14.1. The fourth-order valence-electron chi connectivity index (χ4n) is 1.90. The molecule has 0 aliphatic heterocycles. The van der Waals surface area contributed by atoms with Gasteiger partial charge in [0.2, 0.25) is 0 Å². The number of thiazole rings is 1. The molecule has 2 rings (SSSR count). The van der Waals surface area contributed by atoms with Crippen molar-refractivity contribution in [3.8, 4) is 10.6 Å². The molecule has 112 valence electrons. The average Bonchev–Trinajstić information content (AvgIpc) is 2.97. The van der Waals surface area contributed by atoms with E-state index in [0.29, 0.717) is 17.1 Å². The van der Waals surface area contributed by atoms with Crippen molar-refractivity contribution < 1.29 is 14.3 Å². The van der Waals surface area contributed by atoms with Gasteiger partial charge < -0.3 is 10.4 Å². The van der Waals surface area contributed by atoms with Crippen LogP contribution in [-0.4, -0.2) is 28.6 Å². The van der Waals surface area contributed by atoms with Gasteiger partial charge in [0.25, 0.3) is 5.91 Å². The van der Waals surface area contributed by atoms with Crippen molar-refractivity contribution in [1.29, 1.82) is 0 Å². The number of hydrogen-bond acceptors (Lipinski definition) is 4. The van der Waals surface area contributed by atoms with Crippen LogP contribution in [0.1, 0.15) is 30.3 Å². The van der Waals surface area contributed by atoms with E-state index in [9.17, 15) is 9.18 Å². The number of halogens is 1. The third-order valence-electron chi connectivity index (χ3n) is 3.13. The first-order valence-electron chi connectivity index (χ1n) is 6.77. The molecule has 1 aromatic carbocycles. The molecule has 1 heterocycles. The maximum Gasteiger partial charge on any atom is 0.270 e. The van der Waals surface area contributed by atoms with Crippen LogP contribution >= 0.6 is 11.3 Å². The summed E-state index contributed by atoms with van der Waals surface area (Å²) in [5.74, 6) is -0.553. The van der Waals surface area contributed by atoms with E-state index in [4.69, 9.17) is 5.11 Å². The molecule has 0 spiro atoms. The number of amides is 1. The van der Waals surface area contributed by atoms with Gasteiger partial charge in [0, 0.05) is 23.6 Å². The minimum atomic E-state index is -0.303. The molecular formula is C15H17FN2O2S. The number of aliphatic hydroxyl groups excluding tert-OH is 1. The van der Waals surface area contributed by atoms with Gasteiger partial charge in [-0.05, 0) is 37.1 Å². The Bertz CT molecular complexity index is 598. The Hall–Kier alpha value is -1.79. The maximum absolute atomic E-state index is 12.9. The zero-order chi connectivity index (χ0) is 15.2. The monoisotopic (exact) mass is 308 g/mol. The molecule has 0 radical (unpaired) electrons.